The molecule has 6 nitrogen and oxygen atoms in total. The first-order chi connectivity index (χ1) is 18.5. The van der Waals surface area contributed by atoms with E-state index in [0.717, 1.165) is 29.6 Å². The van der Waals surface area contributed by atoms with Gasteiger partial charge in [-0.1, -0.05) is 79.6 Å². The molecular formula is C28H30BF4MoN4O2-. The number of nitrogens with zero attached hydrogens (tertiary/aromatic N) is 4. The molecule has 2 heterocycles. The molecule has 1 saturated carbocycles. The molecule has 0 bridgehead atoms. The van der Waals surface area contributed by atoms with Crippen molar-refractivity contribution in [2.75, 3.05) is 7.11 Å². The van der Waals surface area contributed by atoms with Crippen LogP contribution in [0, 0.1) is 5.92 Å². The number of aliphatic hydroxyl groups is 1. The minimum atomic E-state index is -3.67. The van der Waals surface area contributed by atoms with Crippen molar-refractivity contribution in [1.82, 2.24) is 20.2 Å². The molecule has 0 saturated heterocycles. The molecule has 212 valence electrons. The van der Waals surface area contributed by atoms with Gasteiger partial charge in [0.05, 0.1) is 0 Å². The summed E-state index contributed by atoms with van der Waals surface area (Å²) in [5.74, 6) is 2.23. The summed E-state index contributed by atoms with van der Waals surface area (Å²) in [7, 11) is -2.67. The van der Waals surface area contributed by atoms with Crippen molar-refractivity contribution in [2.45, 2.75) is 32.6 Å². The van der Waals surface area contributed by atoms with Crippen molar-refractivity contribution < 1.29 is 48.6 Å². The molecule has 1 fully saturated rings. The molecule has 0 radical (unpaired) electrons. The quantitative estimate of drug-likeness (QED) is 0.160. The van der Waals surface area contributed by atoms with Crippen LogP contribution in [0.4, 0.5) is 12.9 Å². The second-order valence-electron chi connectivity index (χ2n) is 7.69. The largest absolute Gasteiger partial charge is 2.00 e. The van der Waals surface area contributed by atoms with E-state index in [0.29, 0.717) is 11.5 Å². The SMILES string of the molecule is CO.C[C-]1CCCC1.FB(F)F.[CH-]=O.[F-].[Mo+2].c1ccc(-c2nnc(-c3ccccn3)nc2-c2ccccc2)cc1. The number of halogens is 4. The number of benzene rings is 2. The summed E-state index contributed by atoms with van der Waals surface area (Å²) in [4.78, 5) is 16.8. The normalized spacial score (nSPS) is 11.1. The monoisotopic (exact) mass is 639 g/mol. The zero-order chi connectivity index (χ0) is 28.2. The first-order valence-electron chi connectivity index (χ1n) is 11.7. The fourth-order valence-corrected chi connectivity index (χ4v) is 3.50. The number of hydrogen-bond acceptors (Lipinski definition) is 6. The van der Waals surface area contributed by atoms with E-state index in [4.69, 9.17) is 14.9 Å². The van der Waals surface area contributed by atoms with Gasteiger partial charge in [-0.2, -0.15) is 19.8 Å². The number of aliphatic hydroxyl groups excluding tert-OH is 1. The molecule has 5 rings (SSSR count). The maximum atomic E-state index is 9.67. The van der Waals surface area contributed by atoms with Gasteiger partial charge in [0, 0.05) is 24.4 Å². The minimum Gasteiger partial charge on any atom is -1.00 e. The Kier molecular flexibility index (Phi) is 22.9. The smallest absolute Gasteiger partial charge is 1.00 e. The Bertz CT molecular complexity index is 1150. The fourth-order valence-electron chi connectivity index (χ4n) is 3.50. The molecule has 1 N–H and O–H groups in total. The third kappa shape index (κ3) is 14.2. The van der Waals surface area contributed by atoms with Gasteiger partial charge in [-0.25, -0.2) is 4.98 Å². The van der Waals surface area contributed by atoms with Crippen LogP contribution in [-0.4, -0.2) is 46.7 Å². The Hall–Kier alpha value is -3.30. The van der Waals surface area contributed by atoms with E-state index in [1.165, 1.54) is 25.7 Å². The third-order valence-electron chi connectivity index (χ3n) is 5.13. The second-order valence-corrected chi connectivity index (χ2v) is 7.69. The van der Waals surface area contributed by atoms with Gasteiger partial charge in [-0.15, -0.1) is 10.2 Å². The first-order valence-corrected chi connectivity index (χ1v) is 11.7. The Balaban J connectivity index is 0. The van der Waals surface area contributed by atoms with Gasteiger partial charge < -0.3 is 20.5 Å². The van der Waals surface area contributed by atoms with Crippen LogP contribution in [0.15, 0.2) is 85.1 Å². The van der Waals surface area contributed by atoms with Crippen LogP contribution in [0.1, 0.15) is 32.6 Å². The van der Waals surface area contributed by atoms with Crippen LogP contribution in [0.5, 0.6) is 0 Å². The van der Waals surface area contributed by atoms with Gasteiger partial charge in [0.2, 0.25) is 5.82 Å². The van der Waals surface area contributed by atoms with E-state index in [1.807, 2.05) is 78.9 Å². The van der Waals surface area contributed by atoms with E-state index in [2.05, 4.69) is 28.9 Å². The van der Waals surface area contributed by atoms with Gasteiger partial charge in [-0.05, 0) is 12.1 Å². The van der Waals surface area contributed by atoms with E-state index < -0.39 is 7.54 Å². The summed E-state index contributed by atoms with van der Waals surface area (Å²) < 4.78 is 29.0. The molecule has 1 aliphatic carbocycles. The topological polar surface area (TPSA) is 88.9 Å². The summed E-state index contributed by atoms with van der Waals surface area (Å²) in [6.07, 6.45) is 7.43. The van der Waals surface area contributed by atoms with E-state index >= 15 is 0 Å². The first kappa shape index (κ1) is 38.8. The molecule has 12 heteroatoms. The average molecular weight is 637 g/mol. The van der Waals surface area contributed by atoms with Crippen LogP contribution in [-0.2, 0) is 25.9 Å². The number of aromatic nitrogens is 4. The van der Waals surface area contributed by atoms with Crippen LogP contribution < -0.4 is 4.70 Å². The maximum absolute atomic E-state index is 9.67. The summed E-state index contributed by atoms with van der Waals surface area (Å²) >= 11 is 0. The van der Waals surface area contributed by atoms with E-state index in [1.54, 1.807) is 12.1 Å². The molecule has 0 atom stereocenters. The standard InChI is InChI=1S/C20H14N4.C6H11.CH4O.CHO.BF3.FH.Mo/c1-3-9-15(10-4-1)18-19(16-11-5-2-6-12-16)23-24-20(22-18)17-13-7-8-14-21-17;1-6-4-2-3-5-6;2*1-2;2-1(3)4;;/h1-14H;2-5H2,1H3;2H,1H3;1H;;1H;/q;-1;;-1;;;+2/p-1. The van der Waals surface area contributed by atoms with Crippen LogP contribution in [0.3, 0.4) is 0 Å². The zero-order valence-electron chi connectivity index (χ0n) is 22.1. The van der Waals surface area contributed by atoms with Gasteiger partial charge in [0.15, 0.2) is 0 Å². The summed E-state index contributed by atoms with van der Waals surface area (Å²) in [5, 5.41) is 15.7. The summed E-state index contributed by atoms with van der Waals surface area (Å²) in [6.45, 7) is 5.51. The van der Waals surface area contributed by atoms with Crippen molar-refractivity contribution in [3.8, 4) is 34.0 Å². The van der Waals surface area contributed by atoms with Gasteiger partial charge in [-0.3, -0.25) is 24.7 Å². The maximum Gasteiger partial charge on any atom is 2.00 e. The molecule has 0 aliphatic heterocycles. The van der Waals surface area contributed by atoms with E-state index in [9.17, 15) is 12.9 Å². The number of rotatable bonds is 3. The van der Waals surface area contributed by atoms with Crippen LogP contribution in [0.2, 0.25) is 0 Å². The molecule has 0 amide bonds. The van der Waals surface area contributed by atoms with Crippen molar-refractivity contribution in [3.63, 3.8) is 0 Å². The summed E-state index contributed by atoms with van der Waals surface area (Å²) in [5.41, 5.74) is 4.27. The minimum absolute atomic E-state index is 0. The van der Waals surface area contributed by atoms with E-state index in [-0.39, 0.29) is 25.8 Å². The number of carbonyl (C=O) groups excluding carboxylic acids is 1. The van der Waals surface area contributed by atoms with Crippen molar-refractivity contribution in [2.24, 2.45) is 0 Å². The molecule has 1 aliphatic rings. The van der Waals surface area contributed by atoms with Crippen molar-refractivity contribution in [3.05, 3.63) is 91.0 Å². The Morgan fingerprint density at radius 3 is 1.62 bits per heavy atom. The predicted molar refractivity (Wildman–Crippen MR) is 145 cm³/mol. The van der Waals surface area contributed by atoms with Gasteiger partial charge in [0.25, 0.3) is 0 Å². The number of hydrogen-bond donors (Lipinski definition) is 1. The Morgan fingerprint density at radius 1 is 0.775 bits per heavy atom. The molecule has 0 unspecified atom stereocenters. The van der Waals surface area contributed by atoms with Crippen LogP contribution >= 0.6 is 0 Å². The number of pyridine rings is 1. The van der Waals surface area contributed by atoms with Gasteiger partial charge in [0.1, 0.15) is 17.1 Å². The molecule has 2 aromatic heterocycles. The molecule has 2 aromatic carbocycles. The van der Waals surface area contributed by atoms with Gasteiger partial charge >= 0.3 is 28.6 Å². The predicted octanol–water partition coefficient (Wildman–Crippen LogP) is 3.64. The molecule has 40 heavy (non-hydrogen) atoms. The average Bonchev–Trinajstić information content (AvgIpc) is 3.47. The van der Waals surface area contributed by atoms with Crippen molar-refractivity contribution in [1.29, 1.82) is 0 Å². The van der Waals surface area contributed by atoms with Crippen LogP contribution in [0.25, 0.3) is 34.0 Å². The Morgan fingerprint density at radius 2 is 1.23 bits per heavy atom. The third-order valence-corrected chi connectivity index (χ3v) is 5.13. The fraction of sp³-hybridized carbons (Fsp3) is 0.214. The molecule has 4 aromatic rings. The Labute approximate surface area is 247 Å². The van der Waals surface area contributed by atoms with Crippen molar-refractivity contribution >= 4 is 14.3 Å². The second kappa shape index (κ2) is 23.6. The molecular weight excluding hydrogens is 607 g/mol. The zero-order valence-corrected chi connectivity index (χ0v) is 24.1. The molecule has 0 spiro atoms. The summed E-state index contributed by atoms with van der Waals surface area (Å²) in [6, 6.07) is 25.7.